The quantitative estimate of drug-likeness (QED) is 0.569. The second kappa shape index (κ2) is 4.80. The third kappa shape index (κ3) is 1.83. The Hall–Kier alpha value is -2.95. The van der Waals surface area contributed by atoms with Gasteiger partial charge in [0.2, 0.25) is 0 Å². The van der Waals surface area contributed by atoms with Crippen LogP contribution in [-0.4, -0.2) is 19.4 Å². The summed E-state index contributed by atoms with van der Waals surface area (Å²) in [6.07, 6.45) is 1.63. The molecule has 22 heavy (non-hydrogen) atoms. The van der Waals surface area contributed by atoms with E-state index < -0.39 is 0 Å². The van der Waals surface area contributed by atoms with E-state index in [1.165, 1.54) is 0 Å². The molecular formula is C17H14N4O. The molecule has 0 N–H and O–H groups in total. The van der Waals surface area contributed by atoms with Crippen molar-refractivity contribution in [3.05, 3.63) is 76.2 Å². The van der Waals surface area contributed by atoms with E-state index in [2.05, 4.69) is 10.3 Å². The molecule has 2 aromatic carbocycles. The van der Waals surface area contributed by atoms with E-state index in [4.69, 9.17) is 0 Å². The first-order valence-electron chi connectivity index (χ1n) is 7.12. The predicted octanol–water partition coefficient (Wildman–Crippen LogP) is 2.40. The number of rotatable bonds is 2. The van der Waals surface area contributed by atoms with Crippen LogP contribution in [0.15, 0.2) is 59.5 Å². The van der Waals surface area contributed by atoms with E-state index in [1.807, 2.05) is 55.5 Å². The minimum Gasteiger partial charge on any atom is -0.287 e. The molecule has 108 valence electrons. The highest BCUT2D eigenvalue weighted by Crippen LogP contribution is 2.14. The van der Waals surface area contributed by atoms with E-state index in [0.29, 0.717) is 17.6 Å². The molecule has 0 saturated carbocycles. The molecule has 0 fully saturated rings. The molecular weight excluding hydrogens is 276 g/mol. The highest BCUT2D eigenvalue weighted by molar-refractivity contribution is 5.80. The number of aryl methyl sites for hydroxylation is 1. The number of hydrogen-bond donors (Lipinski definition) is 0. The summed E-state index contributed by atoms with van der Waals surface area (Å²) in [5, 5.41) is 8.74. The van der Waals surface area contributed by atoms with Crippen molar-refractivity contribution in [1.82, 2.24) is 19.4 Å². The Labute approximate surface area is 126 Å². The summed E-state index contributed by atoms with van der Waals surface area (Å²) in [5.41, 5.74) is 3.73. The van der Waals surface area contributed by atoms with Gasteiger partial charge in [-0.25, -0.2) is 0 Å². The van der Waals surface area contributed by atoms with Crippen LogP contribution in [0.3, 0.4) is 0 Å². The third-order valence-electron chi connectivity index (χ3n) is 4.01. The Bertz CT molecular complexity index is 1050. The topological polar surface area (TPSA) is 52.2 Å². The van der Waals surface area contributed by atoms with Gasteiger partial charge in [0.25, 0.3) is 5.56 Å². The fourth-order valence-corrected chi connectivity index (χ4v) is 2.78. The zero-order valence-electron chi connectivity index (χ0n) is 12.1. The average Bonchev–Trinajstić information content (AvgIpc) is 3.03. The van der Waals surface area contributed by atoms with Crippen molar-refractivity contribution in [2.24, 2.45) is 0 Å². The van der Waals surface area contributed by atoms with Gasteiger partial charge in [0.15, 0.2) is 5.65 Å². The van der Waals surface area contributed by atoms with Gasteiger partial charge < -0.3 is 0 Å². The first kappa shape index (κ1) is 12.8. The molecule has 0 bridgehead atoms. The van der Waals surface area contributed by atoms with Gasteiger partial charge in [0.05, 0.1) is 23.6 Å². The number of aromatic nitrogens is 4. The average molecular weight is 290 g/mol. The molecule has 0 aliphatic rings. The van der Waals surface area contributed by atoms with Crippen LogP contribution in [0, 0.1) is 6.92 Å². The van der Waals surface area contributed by atoms with Crippen molar-refractivity contribution in [2.75, 3.05) is 0 Å². The van der Waals surface area contributed by atoms with Crippen molar-refractivity contribution >= 4 is 16.6 Å². The molecule has 0 atom stereocenters. The monoisotopic (exact) mass is 290 g/mol. The van der Waals surface area contributed by atoms with Crippen LogP contribution >= 0.6 is 0 Å². The number of para-hydroxylation sites is 1. The van der Waals surface area contributed by atoms with E-state index in [-0.39, 0.29) is 5.56 Å². The van der Waals surface area contributed by atoms with Gasteiger partial charge in [-0.3, -0.25) is 9.36 Å². The lowest BCUT2D eigenvalue weighted by Gasteiger charge is -2.11. The Morgan fingerprint density at radius 3 is 2.68 bits per heavy atom. The number of hydrogen-bond acceptors (Lipinski definition) is 3. The van der Waals surface area contributed by atoms with Crippen LogP contribution in [0.5, 0.6) is 0 Å². The molecule has 0 unspecified atom stereocenters. The maximum atomic E-state index is 12.9. The van der Waals surface area contributed by atoms with Gasteiger partial charge in [-0.15, -0.1) is 5.10 Å². The second-order valence-electron chi connectivity index (χ2n) is 5.34. The molecule has 5 heteroatoms. The maximum absolute atomic E-state index is 12.9. The van der Waals surface area contributed by atoms with Crippen molar-refractivity contribution in [2.45, 2.75) is 13.5 Å². The molecule has 0 saturated heterocycles. The van der Waals surface area contributed by atoms with Gasteiger partial charge in [-0.2, -0.15) is 4.52 Å². The molecule has 2 heterocycles. The standard InChI is InChI=1S/C17H14N4O/c1-12-6-2-3-7-13(12)11-20-16-10-18-19-21(16)15-9-5-4-8-14(15)17(20)22/h2-10H,11H2,1H3. The Kier molecular flexibility index (Phi) is 2.79. The van der Waals surface area contributed by atoms with Gasteiger partial charge in [-0.05, 0) is 30.2 Å². The second-order valence-corrected chi connectivity index (χ2v) is 5.34. The molecule has 2 aromatic heterocycles. The minimum atomic E-state index is -0.0198. The van der Waals surface area contributed by atoms with Gasteiger partial charge in [-0.1, -0.05) is 41.6 Å². The molecule has 0 radical (unpaired) electrons. The first-order chi connectivity index (χ1) is 10.8. The van der Waals surface area contributed by atoms with Crippen molar-refractivity contribution in [1.29, 1.82) is 0 Å². The number of fused-ring (bicyclic) bond motifs is 3. The lowest BCUT2D eigenvalue weighted by molar-refractivity contribution is 0.757. The Morgan fingerprint density at radius 2 is 1.82 bits per heavy atom. The van der Waals surface area contributed by atoms with Crippen molar-refractivity contribution in [3.63, 3.8) is 0 Å². The van der Waals surface area contributed by atoms with E-state index in [0.717, 1.165) is 16.6 Å². The smallest absolute Gasteiger partial charge is 0.261 e. The molecule has 5 nitrogen and oxygen atoms in total. The maximum Gasteiger partial charge on any atom is 0.261 e. The van der Waals surface area contributed by atoms with Gasteiger partial charge >= 0.3 is 0 Å². The van der Waals surface area contributed by atoms with Crippen LogP contribution < -0.4 is 5.56 Å². The summed E-state index contributed by atoms with van der Waals surface area (Å²) in [6.45, 7) is 2.56. The zero-order chi connectivity index (χ0) is 15.1. The van der Waals surface area contributed by atoms with Crippen LogP contribution in [0.4, 0.5) is 0 Å². The lowest BCUT2D eigenvalue weighted by Crippen LogP contribution is -2.23. The summed E-state index contributed by atoms with van der Waals surface area (Å²) < 4.78 is 3.44. The van der Waals surface area contributed by atoms with E-state index >= 15 is 0 Å². The Morgan fingerprint density at radius 1 is 1.05 bits per heavy atom. The van der Waals surface area contributed by atoms with Crippen molar-refractivity contribution in [3.8, 4) is 0 Å². The molecule has 0 aliphatic heterocycles. The van der Waals surface area contributed by atoms with Crippen molar-refractivity contribution < 1.29 is 0 Å². The third-order valence-corrected chi connectivity index (χ3v) is 4.01. The SMILES string of the molecule is Cc1ccccc1Cn1c(=O)c2ccccc2n2nncc12. The fraction of sp³-hybridized carbons (Fsp3) is 0.118. The summed E-state index contributed by atoms with van der Waals surface area (Å²) in [5.74, 6) is 0. The molecule has 0 aliphatic carbocycles. The Balaban J connectivity index is 2.04. The zero-order valence-corrected chi connectivity index (χ0v) is 12.1. The summed E-state index contributed by atoms with van der Waals surface area (Å²) in [6, 6.07) is 15.5. The molecule has 4 rings (SSSR count). The fourth-order valence-electron chi connectivity index (χ4n) is 2.78. The lowest BCUT2D eigenvalue weighted by atomic mass is 10.1. The molecule has 4 aromatic rings. The highest BCUT2D eigenvalue weighted by atomic mass is 16.1. The minimum absolute atomic E-state index is 0.0198. The van der Waals surface area contributed by atoms with Gasteiger partial charge in [0.1, 0.15) is 0 Å². The summed E-state index contributed by atoms with van der Waals surface area (Å²) in [7, 11) is 0. The number of benzene rings is 2. The highest BCUT2D eigenvalue weighted by Gasteiger charge is 2.12. The van der Waals surface area contributed by atoms with E-state index in [1.54, 1.807) is 15.3 Å². The summed E-state index contributed by atoms with van der Waals surface area (Å²) >= 11 is 0. The molecule has 0 amide bonds. The van der Waals surface area contributed by atoms with E-state index in [9.17, 15) is 4.79 Å². The first-order valence-corrected chi connectivity index (χ1v) is 7.12. The van der Waals surface area contributed by atoms with Crippen LogP contribution in [0.2, 0.25) is 0 Å². The molecule has 0 spiro atoms. The summed E-state index contributed by atoms with van der Waals surface area (Å²) in [4.78, 5) is 12.9. The van der Waals surface area contributed by atoms with Crippen LogP contribution in [0.1, 0.15) is 11.1 Å². The van der Waals surface area contributed by atoms with Gasteiger partial charge in [0, 0.05) is 0 Å². The van der Waals surface area contributed by atoms with Crippen LogP contribution in [0.25, 0.3) is 16.6 Å². The normalized spacial score (nSPS) is 11.3. The largest absolute Gasteiger partial charge is 0.287 e. The number of nitrogens with zero attached hydrogens (tertiary/aromatic N) is 4. The van der Waals surface area contributed by atoms with Crippen LogP contribution in [-0.2, 0) is 6.54 Å². The predicted molar refractivity (Wildman–Crippen MR) is 85.0 cm³/mol.